The molecule has 0 saturated carbocycles. The van der Waals surface area contributed by atoms with Crippen LogP contribution in [0.25, 0.3) is 0 Å². The molecule has 2 N–H and O–H groups in total. The van der Waals surface area contributed by atoms with Gasteiger partial charge in [0.05, 0.1) is 5.92 Å². The van der Waals surface area contributed by atoms with E-state index in [0.29, 0.717) is 13.0 Å². The molecule has 1 rings (SSSR count). The Morgan fingerprint density at radius 1 is 1.28 bits per heavy atom. The molecule has 0 aliphatic heterocycles. The Kier molecular flexibility index (Phi) is 11.5. The molecule has 0 saturated heterocycles. The first kappa shape index (κ1) is 21.9. The summed E-state index contributed by atoms with van der Waals surface area (Å²) < 4.78 is 0. The van der Waals surface area contributed by atoms with Crippen molar-refractivity contribution >= 4 is 29.4 Å². The van der Waals surface area contributed by atoms with Crippen molar-refractivity contribution in [3.63, 3.8) is 0 Å². The maximum atomic E-state index is 12.2. The molecule has 25 heavy (non-hydrogen) atoms. The molecule has 1 atom stereocenters. The number of benzene rings is 1. The Labute approximate surface area is 160 Å². The fraction of sp³-hybridized carbons (Fsp3) is 0.450. The summed E-state index contributed by atoms with van der Waals surface area (Å²) in [4.78, 5) is 13.4. The number of thioether (sulfide) groups is 2. The molecule has 0 aromatic heterocycles. The predicted molar refractivity (Wildman–Crippen MR) is 111 cm³/mol. The van der Waals surface area contributed by atoms with Crippen LogP contribution in [0.3, 0.4) is 0 Å². The van der Waals surface area contributed by atoms with Crippen molar-refractivity contribution in [1.29, 1.82) is 0 Å². The van der Waals surface area contributed by atoms with Crippen LogP contribution in [0, 0.1) is 5.92 Å². The van der Waals surface area contributed by atoms with Gasteiger partial charge in [-0.05, 0) is 37.3 Å². The molecule has 1 aromatic rings. The first-order valence-corrected chi connectivity index (χ1v) is 10.9. The molecule has 1 amide bonds. The van der Waals surface area contributed by atoms with Gasteiger partial charge in [0.25, 0.3) is 0 Å². The number of amides is 1. The largest absolute Gasteiger partial charge is 0.396 e. The summed E-state index contributed by atoms with van der Waals surface area (Å²) in [5.74, 6) is 1.64. The average Bonchev–Trinajstić information content (AvgIpc) is 2.60. The quantitative estimate of drug-likeness (QED) is 0.344. The highest BCUT2D eigenvalue weighted by atomic mass is 32.2. The van der Waals surface area contributed by atoms with Crippen molar-refractivity contribution in [2.45, 2.75) is 25.2 Å². The van der Waals surface area contributed by atoms with Gasteiger partial charge < -0.3 is 10.4 Å². The van der Waals surface area contributed by atoms with E-state index < -0.39 is 0 Å². The lowest BCUT2D eigenvalue weighted by Crippen LogP contribution is -2.29. The van der Waals surface area contributed by atoms with Crippen molar-refractivity contribution < 1.29 is 9.90 Å². The second-order valence-electron chi connectivity index (χ2n) is 5.92. The number of rotatable bonds is 11. The minimum Gasteiger partial charge on any atom is -0.396 e. The number of aliphatic hydroxyl groups is 1. The smallest absolute Gasteiger partial charge is 0.226 e. The fourth-order valence-corrected chi connectivity index (χ4v) is 3.66. The topological polar surface area (TPSA) is 49.3 Å². The van der Waals surface area contributed by atoms with Crippen LogP contribution in [0.15, 0.2) is 58.5 Å². The van der Waals surface area contributed by atoms with Crippen molar-refractivity contribution in [3.8, 4) is 0 Å². The molecular weight excluding hydrogens is 350 g/mol. The standard InChI is InChI=1S/C20H29NO2S2/c1-16(14-24-3)12-18(15-25-19-8-5-4-6-9-19)13-17(2)20(23)21-10-7-11-22/h4-6,8-9,12-13,17,22H,7,10-11,14-15H2,1-3H3,(H,21,23)/b16-12+,18-13+. The normalized spacial score (nSPS) is 13.6. The van der Waals surface area contributed by atoms with Crippen LogP contribution >= 0.6 is 23.5 Å². The number of allylic oxidation sites excluding steroid dienone is 1. The summed E-state index contributed by atoms with van der Waals surface area (Å²) in [7, 11) is 0. The van der Waals surface area contributed by atoms with E-state index in [1.807, 2.05) is 31.2 Å². The lowest BCUT2D eigenvalue weighted by molar-refractivity contribution is -0.123. The molecule has 0 radical (unpaired) electrons. The lowest BCUT2D eigenvalue weighted by atomic mass is 10.1. The third-order valence-electron chi connectivity index (χ3n) is 3.46. The van der Waals surface area contributed by atoms with E-state index >= 15 is 0 Å². The van der Waals surface area contributed by atoms with E-state index in [4.69, 9.17) is 5.11 Å². The molecule has 0 heterocycles. The number of hydrogen-bond donors (Lipinski definition) is 2. The van der Waals surface area contributed by atoms with Crippen LogP contribution in [-0.4, -0.2) is 41.9 Å². The maximum Gasteiger partial charge on any atom is 0.226 e. The molecule has 1 unspecified atom stereocenters. The summed E-state index contributed by atoms with van der Waals surface area (Å²) in [6.45, 7) is 4.66. The molecule has 0 spiro atoms. The highest BCUT2D eigenvalue weighted by molar-refractivity contribution is 7.99. The third kappa shape index (κ3) is 9.78. The van der Waals surface area contributed by atoms with Crippen LogP contribution in [0.2, 0.25) is 0 Å². The zero-order chi connectivity index (χ0) is 18.5. The number of nitrogens with one attached hydrogen (secondary N) is 1. The minimum atomic E-state index is -0.191. The summed E-state index contributed by atoms with van der Waals surface area (Å²) >= 11 is 3.58. The SMILES string of the molecule is CSC/C(C)=C/C(=C\C(C)C(=O)NCCCO)CSc1ccccc1. The van der Waals surface area contributed by atoms with E-state index in [1.54, 1.807) is 23.5 Å². The van der Waals surface area contributed by atoms with E-state index in [-0.39, 0.29) is 18.4 Å². The van der Waals surface area contributed by atoms with E-state index in [9.17, 15) is 4.79 Å². The average molecular weight is 380 g/mol. The number of carbonyl (C=O) groups is 1. The van der Waals surface area contributed by atoms with Crippen molar-refractivity contribution in [2.75, 3.05) is 30.9 Å². The molecule has 0 aliphatic carbocycles. The van der Waals surface area contributed by atoms with Gasteiger partial charge in [-0.1, -0.05) is 42.8 Å². The maximum absolute atomic E-state index is 12.2. The molecule has 3 nitrogen and oxygen atoms in total. The van der Waals surface area contributed by atoms with Crippen LogP contribution < -0.4 is 5.32 Å². The Morgan fingerprint density at radius 3 is 2.64 bits per heavy atom. The molecule has 5 heteroatoms. The van der Waals surface area contributed by atoms with Crippen molar-refractivity contribution in [2.24, 2.45) is 5.92 Å². The van der Waals surface area contributed by atoms with Gasteiger partial charge in [0.1, 0.15) is 0 Å². The van der Waals surface area contributed by atoms with Gasteiger partial charge in [-0.25, -0.2) is 0 Å². The van der Waals surface area contributed by atoms with Gasteiger partial charge in [0.15, 0.2) is 0 Å². The summed E-state index contributed by atoms with van der Waals surface area (Å²) in [5, 5.41) is 11.7. The number of aliphatic hydroxyl groups excluding tert-OH is 1. The molecule has 1 aromatic carbocycles. The summed E-state index contributed by atoms with van der Waals surface area (Å²) in [6, 6.07) is 10.3. The lowest BCUT2D eigenvalue weighted by Gasteiger charge is -2.11. The van der Waals surface area contributed by atoms with Gasteiger partial charge in [-0.15, -0.1) is 11.8 Å². The zero-order valence-electron chi connectivity index (χ0n) is 15.3. The molecule has 0 bridgehead atoms. The molecule has 138 valence electrons. The summed E-state index contributed by atoms with van der Waals surface area (Å²) in [5.41, 5.74) is 2.48. The number of carbonyl (C=O) groups excluding carboxylic acids is 1. The highest BCUT2D eigenvalue weighted by Crippen LogP contribution is 2.22. The molecular formula is C20H29NO2S2. The van der Waals surface area contributed by atoms with Gasteiger partial charge in [-0.2, -0.15) is 11.8 Å². The van der Waals surface area contributed by atoms with Gasteiger partial charge in [0.2, 0.25) is 5.91 Å². The summed E-state index contributed by atoms with van der Waals surface area (Å²) in [6.07, 6.45) is 6.93. The minimum absolute atomic E-state index is 0.00609. The van der Waals surface area contributed by atoms with Crippen molar-refractivity contribution in [1.82, 2.24) is 5.32 Å². The third-order valence-corrected chi connectivity index (χ3v) is 5.29. The zero-order valence-corrected chi connectivity index (χ0v) is 17.0. The first-order valence-electron chi connectivity index (χ1n) is 8.50. The molecule has 0 aliphatic rings. The second kappa shape index (κ2) is 13.1. The Balaban J connectivity index is 2.77. The Bertz CT molecular complexity index is 570. The highest BCUT2D eigenvalue weighted by Gasteiger charge is 2.10. The second-order valence-corrected chi connectivity index (χ2v) is 7.84. The van der Waals surface area contributed by atoms with Crippen LogP contribution in [0.1, 0.15) is 20.3 Å². The van der Waals surface area contributed by atoms with Gasteiger partial charge in [0, 0.05) is 29.6 Å². The van der Waals surface area contributed by atoms with Crippen LogP contribution in [0.4, 0.5) is 0 Å². The monoisotopic (exact) mass is 379 g/mol. The van der Waals surface area contributed by atoms with Crippen LogP contribution in [0.5, 0.6) is 0 Å². The van der Waals surface area contributed by atoms with Crippen LogP contribution in [-0.2, 0) is 4.79 Å². The molecule has 0 fully saturated rings. The van der Waals surface area contributed by atoms with Gasteiger partial charge in [-0.3, -0.25) is 4.79 Å². The first-order chi connectivity index (χ1) is 12.1. The van der Waals surface area contributed by atoms with E-state index in [2.05, 4.69) is 36.7 Å². The Morgan fingerprint density at radius 2 is 2.00 bits per heavy atom. The van der Waals surface area contributed by atoms with Gasteiger partial charge >= 0.3 is 0 Å². The van der Waals surface area contributed by atoms with Crippen molar-refractivity contribution in [3.05, 3.63) is 53.6 Å². The number of hydrogen-bond acceptors (Lipinski definition) is 4. The Hall–Kier alpha value is -1.17. The van der Waals surface area contributed by atoms with E-state index in [0.717, 1.165) is 11.5 Å². The fourth-order valence-electron chi connectivity index (χ4n) is 2.26. The van der Waals surface area contributed by atoms with E-state index in [1.165, 1.54) is 16.0 Å². The predicted octanol–water partition coefficient (Wildman–Crippen LogP) is 4.15.